The van der Waals surface area contributed by atoms with Gasteiger partial charge in [-0.15, -0.1) is 0 Å². The van der Waals surface area contributed by atoms with Crippen molar-refractivity contribution in [2.75, 3.05) is 12.0 Å². The molecule has 204 valence electrons. The second kappa shape index (κ2) is 10.2. The molecule has 1 heterocycles. The van der Waals surface area contributed by atoms with Gasteiger partial charge in [0.15, 0.2) is 0 Å². The Hall–Kier alpha value is -3.57. The van der Waals surface area contributed by atoms with Crippen LogP contribution in [0.4, 0.5) is 5.69 Å². The predicted molar refractivity (Wildman–Crippen MR) is 158 cm³/mol. The lowest BCUT2D eigenvalue weighted by Gasteiger charge is -2.28. The fourth-order valence-corrected chi connectivity index (χ4v) is 5.17. The first-order chi connectivity index (χ1) is 18.1. The third-order valence-corrected chi connectivity index (χ3v) is 7.48. The number of amides is 1. The number of carbonyl (C=O) groups is 2. The maximum atomic E-state index is 13.6. The number of hydrogen-bond donors (Lipinski definition) is 1. The standard InChI is InChI=1S/C33H36ClNO4/c1-19-9-15-23(34)18-25(19)35-28(20-10-13-22(14-11-20)32(2,3)4)27(30(37)31(35)38)29(36)21-12-16-26(39-8)24(17-21)33(5,6)7/h9-18,28,36H,1-8H3/b29-27-. The number of carbonyl (C=O) groups excluding carboxylic acids is 2. The van der Waals surface area contributed by atoms with Crippen LogP contribution in [-0.4, -0.2) is 23.9 Å². The largest absolute Gasteiger partial charge is 0.507 e. The lowest BCUT2D eigenvalue weighted by atomic mass is 9.84. The van der Waals surface area contributed by atoms with Crippen LogP contribution in [0.1, 0.15) is 75.4 Å². The molecule has 4 rings (SSSR count). The van der Waals surface area contributed by atoms with Gasteiger partial charge >= 0.3 is 0 Å². The molecule has 0 aromatic heterocycles. The maximum Gasteiger partial charge on any atom is 0.300 e. The Kier molecular flexibility index (Phi) is 7.44. The number of methoxy groups -OCH3 is 1. The summed E-state index contributed by atoms with van der Waals surface area (Å²) in [5, 5.41) is 12.1. The number of aliphatic hydroxyl groups excluding tert-OH is 1. The van der Waals surface area contributed by atoms with Crippen LogP contribution in [0.25, 0.3) is 5.76 Å². The highest BCUT2D eigenvalue weighted by Crippen LogP contribution is 2.44. The van der Waals surface area contributed by atoms with E-state index in [9.17, 15) is 14.7 Å². The molecule has 1 saturated heterocycles. The third kappa shape index (κ3) is 5.33. The smallest absolute Gasteiger partial charge is 0.300 e. The molecule has 0 radical (unpaired) electrons. The molecule has 1 atom stereocenters. The maximum absolute atomic E-state index is 13.6. The van der Waals surface area contributed by atoms with Gasteiger partial charge in [0.2, 0.25) is 0 Å². The van der Waals surface area contributed by atoms with Gasteiger partial charge in [-0.05, 0) is 64.8 Å². The van der Waals surface area contributed by atoms with Crippen LogP contribution in [-0.2, 0) is 20.4 Å². The van der Waals surface area contributed by atoms with Crippen LogP contribution in [0.3, 0.4) is 0 Å². The number of aliphatic hydroxyl groups is 1. The minimum atomic E-state index is -0.837. The molecule has 39 heavy (non-hydrogen) atoms. The number of halogens is 1. The number of aryl methyl sites for hydroxylation is 1. The van der Waals surface area contributed by atoms with E-state index in [1.807, 2.05) is 64.1 Å². The summed E-state index contributed by atoms with van der Waals surface area (Å²) >= 11 is 6.33. The van der Waals surface area contributed by atoms with E-state index in [1.54, 1.807) is 31.4 Å². The monoisotopic (exact) mass is 545 g/mol. The van der Waals surface area contributed by atoms with Gasteiger partial charge in [-0.2, -0.15) is 0 Å². The molecule has 1 unspecified atom stereocenters. The summed E-state index contributed by atoms with van der Waals surface area (Å²) in [6.45, 7) is 14.4. The van der Waals surface area contributed by atoms with Crippen LogP contribution in [0.15, 0.2) is 66.2 Å². The molecule has 1 fully saturated rings. The summed E-state index contributed by atoms with van der Waals surface area (Å²) in [6, 6.07) is 17.6. The summed E-state index contributed by atoms with van der Waals surface area (Å²) in [6.07, 6.45) is 0. The lowest BCUT2D eigenvalue weighted by Crippen LogP contribution is -2.30. The van der Waals surface area contributed by atoms with Gasteiger partial charge in [-0.25, -0.2) is 0 Å². The first-order valence-corrected chi connectivity index (χ1v) is 13.4. The molecule has 5 nitrogen and oxygen atoms in total. The van der Waals surface area contributed by atoms with Crippen molar-refractivity contribution in [3.8, 4) is 5.75 Å². The summed E-state index contributed by atoms with van der Waals surface area (Å²) in [5.41, 5.74) is 4.14. The minimum absolute atomic E-state index is 0.0351. The summed E-state index contributed by atoms with van der Waals surface area (Å²) < 4.78 is 5.56. The average Bonchev–Trinajstić information content (AvgIpc) is 3.13. The van der Waals surface area contributed by atoms with Gasteiger partial charge in [0, 0.05) is 21.8 Å². The van der Waals surface area contributed by atoms with Crippen molar-refractivity contribution in [1.29, 1.82) is 0 Å². The number of rotatable bonds is 4. The first kappa shape index (κ1) is 28.4. The summed E-state index contributed by atoms with van der Waals surface area (Å²) in [5.74, 6) is -1.00. The van der Waals surface area contributed by atoms with Gasteiger partial charge in [0.25, 0.3) is 11.7 Å². The number of nitrogens with zero attached hydrogens (tertiary/aromatic N) is 1. The molecule has 3 aromatic carbocycles. The average molecular weight is 546 g/mol. The summed E-state index contributed by atoms with van der Waals surface area (Å²) in [4.78, 5) is 28.7. The first-order valence-electron chi connectivity index (χ1n) is 13.0. The van der Waals surface area contributed by atoms with Crippen LogP contribution in [0.5, 0.6) is 5.75 Å². The van der Waals surface area contributed by atoms with Crippen LogP contribution < -0.4 is 9.64 Å². The Balaban J connectivity index is 1.99. The zero-order valence-electron chi connectivity index (χ0n) is 23.8. The predicted octanol–water partition coefficient (Wildman–Crippen LogP) is 7.88. The molecular weight excluding hydrogens is 510 g/mol. The molecule has 1 amide bonds. The Labute approximate surface area is 236 Å². The number of benzene rings is 3. The fraction of sp³-hybridized carbons (Fsp3) is 0.333. The van der Waals surface area contributed by atoms with E-state index in [1.165, 1.54) is 4.90 Å². The molecule has 3 aromatic rings. The van der Waals surface area contributed by atoms with Crippen LogP contribution in [0, 0.1) is 6.92 Å². The molecule has 0 aliphatic carbocycles. The lowest BCUT2D eigenvalue weighted by molar-refractivity contribution is -0.132. The summed E-state index contributed by atoms with van der Waals surface area (Å²) in [7, 11) is 1.60. The second-order valence-electron chi connectivity index (χ2n) is 12.1. The number of Topliss-reactive ketones (excluding diaryl/α,β-unsaturated/α-hetero) is 1. The van der Waals surface area contributed by atoms with Crippen molar-refractivity contribution in [2.24, 2.45) is 0 Å². The highest BCUT2D eigenvalue weighted by molar-refractivity contribution is 6.52. The molecule has 0 bridgehead atoms. The van der Waals surface area contributed by atoms with Gasteiger partial charge in [-0.3, -0.25) is 14.5 Å². The molecule has 1 N–H and O–H groups in total. The SMILES string of the molecule is COc1ccc(/C(O)=C2/C(=O)C(=O)N(c3cc(Cl)ccc3C)C2c2ccc(C(C)(C)C)cc2)cc1C(C)(C)C. The Morgan fingerprint density at radius 1 is 0.897 bits per heavy atom. The molecular formula is C33H36ClNO4. The van der Waals surface area contributed by atoms with Crippen molar-refractivity contribution in [1.82, 2.24) is 0 Å². The fourth-order valence-electron chi connectivity index (χ4n) is 5.00. The van der Waals surface area contributed by atoms with E-state index in [0.717, 1.165) is 16.7 Å². The number of hydrogen-bond acceptors (Lipinski definition) is 4. The zero-order chi connectivity index (χ0) is 28.9. The van der Waals surface area contributed by atoms with Crippen molar-refractivity contribution < 1.29 is 19.4 Å². The third-order valence-electron chi connectivity index (χ3n) is 7.25. The molecule has 6 heteroatoms. The van der Waals surface area contributed by atoms with Crippen molar-refractivity contribution in [3.05, 3.63) is 99.1 Å². The topological polar surface area (TPSA) is 66.8 Å². The second-order valence-corrected chi connectivity index (χ2v) is 12.6. The zero-order valence-corrected chi connectivity index (χ0v) is 24.6. The van der Waals surface area contributed by atoms with Crippen LogP contribution >= 0.6 is 11.6 Å². The number of anilines is 1. The van der Waals surface area contributed by atoms with E-state index in [4.69, 9.17) is 16.3 Å². The van der Waals surface area contributed by atoms with E-state index in [0.29, 0.717) is 27.6 Å². The van der Waals surface area contributed by atoms with E-state index < -0.39 is 17.7 Å². The quantitative estimate of drug-likeness (QED) is 0.206. The van der Waals surface area contributed by atoms with Crippen molar-refractivity contribution >= 4 is 34.7 Å². The van der Waals surface area contributed by atoms with E-state index in [2.05, 4.69) is 20.8 Å². The molecule has 0 saturated carbocycles. The van der Waals surface area contributed by atoms with E-state index in [-0.39, 0.29) is 22.2 Å². The highest BCUT2D eigenvalue weighted by Gasteiger charge is 2.47. The van der Waals surface area contributed by atoms with Gasteiger partial charge in [-0.1, -0.05) is 83.5 Å². The number of ketones is 1. The normalized spacial score (nSPS) is 17.6. The Morgan fingerprint density at radius 3 is 2.10 bits per heavy atom. The molecule has 1 aliphatic heterocycles. The number of ether oxygens (including phenoxy) is 1. The van der Waals surface area contributed by atoms with Crippen LogP contribution in [0.2, 0.25) is 5.02 Å². The Morgan fingerprint density at radius 2 is 1.54 bits per heavy atom. The van der Waals surface area contributed by atoms with Gasteiger partial charge in [0.05, 0.1) is 18.7 Å². The minimum Gasteiger partial charge on any atom is -0.507 e. The van der Waals surface area contributed by atoms with Crippen molar-refractivity contribution in [2.45, 2.75) is 65.3 Å². The van der Waals surface area contributed by atoms with Gasteiger partial charge in [0.1, 0.15) is 11.5 Å². The van der Waals surface area contributed by atoms with Gasteiger partial charge < -0.3 is 9.84 Å². The highest BCUT2D eigenvalue weighted by atomic mass is 35.5. The van der Waals surface area contributed by atoms with Crippen molar-refractivity contribution in [3.63, 3.8) is 0 Å². The van der Waals surface area contributed by atoms with E-state index >= 15 is 0 Å². The molecule has 1 aliphatic rings. The Bertz CT molecular complexity index is 1470. The molecule has 0 spiro atoms.